The minimum atomic E-state index is -4.67. The van der Waals surface area contributed by atoms with Crippen molar-refractivity contribution >= 4 is 31.2 Å². The molecule has 0 aliphatic heterocycles. The number of nitrogens with two attached hydrogens (primary N) is 2. The summed E-state index contributed by atoms with van der Waals surface area (Å²) >= 11 is 0. The molecule has 10 N–H and O–H groups in total. The molecule has 0 saturated carbocycles. The molecule has 116 valence electrons. The maximum absolute atomic E-state index is 8.74. The van der Waals surface area contributed by atoms with E-state index in [4.69, 9.17) is 52.6 Å². The van der Waals surface area contributed by atoms with E-state index in [1.807, 2.05) is 0 Å². The third-order valence-electron chi connectivity index (χ3n) is 0. The molecule has 0 heterocycles. The summed E-state index contributed by atoms with van der Waals surface area (Å²) in [5.74, 6) is 0. The van der Waals surface area contributed by atoms with E-state index in [1.165, 1.54) is 0 Å². The molecule has 0 aromatic heterocycles. The molecule has 0 unspecified atom stereocenters. The average molecular weight is 466 g/mol. The molecule has 0 fully saturated rings. The van der Waals surface area contributed by atoms with Gasteiger partial charge in [0, 0.05) is 41.7 Å². The summed E-state index contributed by atoms with van der Waals surface area (Å²) in [5.41, 5.74) is 0. The number of rotatable bonds is 0. The van der Waals surface area contributed by atoms with E-state index >= 15 is 0 Å². The molecule has 0 amide bonds. The van der Waals surface area contributed by atoms with Gasteiger partial charge in [0.05, 0.1) is 0 Å². The molecule has 0 spiro atoms. The predicted octanol–water partition coefficient (Wildman–Crippen LogP) is -0.524. The van der Waals surface area contributed by atoms with Crippen LogP contribution in [-0.4, -0.2) is 52.6 Å². The van der Waals surface area contributed by atoms with Crippen molar-refractivity contribution in [1.82, 2.24) is 0 Å². The SMILES string of the molecule is O=S(=O)(O)O.O=S(=O)(O)O.O=S(=O)(O)O.[Ce].[NH2-].[NH2-]. The second kappa shape index (κ2) is 14.3. The summed E-state index contributed by atoms with van der Waals surface area (Å²) in [6, 6.07) is 0. The Hall–Kier alpha value is 0.907. The summed E-state index contributed by atoms with van der Waals surface area (Å²) in [4.78, 5) is 0. The van der Waals surface area contributed by atoms with Crippen LogP contribution in [0.4, 0.5) is 0 Å². The van der Waals surface area contributed by atoms with Gasteiger partial charge in [0.25, 0.3) is 0 Å². The molecular weight excluding hydrogens is 456 g/mol. The zero-order valence-corrected chi connectivity index (χ0v) is 13.6. The normalized spacial score (nSPS) is 9.67. The first-order valence-electron chi connectivity index (χ1n) is 2.10. The zero-order valence-electron chi connectivity index (χ0n) is 8.01. The van der Waals surface area contributed by atoms with Gasteiger partial charge < -0.3 is 12.3 Å². The van der Waals surface area contributed by atoms with Crippen molar-refractivity contribution < 1.29 is 94.3 Å². The smallest absolute Gasteiger partial charge is 0.394 e. The van der Waals surface area contributed by atoms with Crippen LogP contribution < -0.4 is 0 Å². The summed E-state index contributed by atoms with van der Waals surface area (Å²) in [5, 5.41) is 0. The number of hydrogen-bond acceptors (Lipinski definition) is 6. The van der Waals surface area contributed by atoms with Crippen molar-refractivity contribution in [2.45, 2.75) is 0 Å². The van der Waals surface area contributed by atoms with Crippen molar-refractivity contribution in [3.8, 4) is 0 Å². The molecule has 0 aromatic carbocycles. The molecule has 18 heavy (non-hydrogen) atoms. The maximum Gasteiger partial charge on any atom is 0.394 e. The zero-order chi connectivity index (χ0) is 13.5. The molecule has 0 aliphatic rings. The van der Waals surface area contributed by atoms with Crippen LogP contribution in [0.3, 0.4) is 0 Å². The van der Waals surface area contributed by atoms with Crippen LogP contribution in [0.2, 0.25) is 0 Å². The first kappa shape index (κ1) is 36.4. The Morgan fingerprint density at radius 3 is 0.444 bits per heavy atom. The number of hydrogen-bond donors (Lipinski definition) is 6. The van der Waals surface area contributed by atoms with E-state index in [1.54, 1.807) is 0 Å². The Bertz CT molecular complexity index is 346. The Balaban J connectivity index is -0.0000000277. The third-order valence-corrected chi connectivity index (χ3v) is 0. The summed E-state index contributed by atoms with van der Waals surface area (Å²) < 4.78 is 94.8. The standard InChI is InChI=1S/Ce.2H2N.3H2O4S/c;;;3*1-5(2,3)4/h;2*1H2;3*(H2,1,2,3,4)/q;2*-1;;;. The predicted molar refractivity (Wildman–Crippen MR) is 53.1 cm³/mol. The Morgan fingerprint density at radius 1 is 0.444 bits per heavy atom. The first-order valence-corrected chi connectivity index (χ1v) is 6.29. The molecule has 0 atom stereocenters. The van der Waals surface area contributed by atoms with Crippen LogP contribution in [-0.2, 0) is 31.2 Å². The van der Waals surface area contributed by atoms with Gasteiger partial charge in [0.15, 0.2) is 0 Å². The molecule has 0 aliphatic carbocycles. The minimum absolute atomic E-state index is 0. The van der Waals surface area contributed by atoms with Gasteiger partial charge in [-0.1, -0.05) is 0 Å². The first-order chi connectivity index (χ1) is 6.00. The molecule has 0 saturated heterocycles. The van der Waals surface area contributed by atoms with Crippen molar-refractivity contribution in [3.63, 3.8) is 0 Å². The van der Waals surface area contributed by atoms with Crippen molar-refractivity contribution in [3.05, 3.63) is 12.3 Å². The topological polar surface area (TPSA) is 291 Å². The Morgan fingerprint density at radius 2 is 0.444 bits per heavy atom. The van der Waals surface area contributed by atoms with E-state index in [2.05, 4.69) is 0 Å². The quantitative estimate of drug-likeness (QED) is 0.246. The largest absolute Gasteiger partial charge is 0.693 e. The van der Waals surface area contributed by atoms with Crippen LogP contribution in [0, 0.1) is 41.7 Å². The van der Waals surface area contributed by atoms with Gasteiger partial charge in [-0.2, -0.15) is 25.3 Å². The fourth-order valence-corrected chi connectivity index (χ4v) is 0. The van der Waals surface area contributed by atoms with E-state index < -0.39 is 31.2 Å². The third kappa shape index (κ3) is 5200. The van der Waals surface area contributed by atoms with Crippen molar-refractivity contribution in [2.75, 3.05) is 0 Å². The van der Waals surface area contributed by atoms with Gasteiger partial charge in [-0.3, -0.25) is 27.3 Å². The minimum Gasteiger partial charge on any atom is -0.693 e. The monoisotopic (exact) mass is 466 g/mol. The average Bonchev–Trinajstić information content (AvgIpc) is 1.41. The molecule has 0 rings (SSSR count). The van der Waals surface area contributed by atoms with Gasteiger partial charge >= 0.3 is 31.2 Å². The van der Waals surface area contributed by atoms with Crippen LogP contribution in [0.15, 0.2) is 0 Å². The van der Waals surface area contributed by atoms with Crippen LogP contribution >= 0.6 is 0 Å². The van der Waals surface area contributed by atoms with Gasteiger partial charge in [-0.15, -0.1) is 0 Å². The Kier molecular flexibility index (Phi) is 28.9. The second-order valence-electron chi connectivity index (χ2n) is 1.34. The molecule has 18 heteroatoms. The second-order valence-corrected chi connectivity index (χ2v) is 4.03. The molecule has 14 nitrogen and oxygen atoms in total. The van der Waals surface area contributed by atoms with E-state index in [0.717, 1.165) is 0 Å². The van der Waals surface area contributed by atoms with Crippen molar-refractivity contribution in [2.24, 2.45) is 0 Å². The fraction of sp³-hybridized carbons (Fsp3) is 0. The van der Waals surface area contributed by atoms with Crippen LogP contribution in [0.25, 0.3) is 12.3 Å². The van der Waals surface area contributed by atoms with Crippen LogP contribution in [0.5, 0.6) is 0 Å². The molecule has 0 radical (unpaired) electrons. The fourth-order valence-electron chi connectivity index (χ4n) is 0. The summed E-state index contributed by atoms with van der Waals surface area (Å²) in [6.07, 6.45) is 0. The molecule has 0 aromatic rings. The van der Waals surface area contributed by atoms with Gasteiger partial charge in [-0.05, 0) is 0 Å². The van der Waals surface area contributed by atoms with E-state index in [0.29, 0.717) is 0 Å². The van der Waals surface area contributed by atoms with Gasteiger partial charge in [0.1, 0.15) is 0 Å². The van der Waals surface area contributed by atoms with E-state index in [9.17, 15) is 0 Å². The summed E-state index contributed by atoms with van der Waals surface area (Å²) in [6.45, 7) is 0. The van der Waals surface area contributed by atoms with Crippen molar-refractivity contribution in [1.29, 1.82) is 0 Å². The van der Waals surface area contributed by atoms with Gasteiger partial charge in [0.2, 0.25) is 0 Å². The Labute approximate surface area is 136 Å². The molecule has 0 bridgehead atoms. The van der Waals surface area contributed by atoms with Gasteiger partial charge in [-0.25, -0.2) is 0 Å². The molecular formula is H10CeN2O12S3-2. The van der Waals surface area contributed by atoms with Crippen LogP contribution in [0.1, 0.15) is 0 Å². The van der Waals surface area contributed by atoms with E-state index in [-0.39, 0.29) is 54.0 Å². The maximum atomic E-state index is 8.74. The summed E-state index contributed by atoms with van der Waals surface area (Å²) in [7, 11) is -14.0.